The monoisotopic (exact) mass is 344 g/mol. The minimum atomic E-state index is 0.106. The van der Waals surface area contributed by atoms with E-state index in [2.05, 4.69) is 49.6 Å². The smallest absolute Gasteiger partial charge is 0.171 e. The summed E-state index contributed by atoms with van der Waals surface area (Å²) in [5.74, 6) is 1.41. The molecule has 0 unspecified atom stereocenters. The summed E-state index contributed by atoms with van der Waals surface area (Å²) in [7, 11) is 3.25. The number of aryl methyl sites for hydroxylation is 2. The van der Waals surface area contributed by atoms with E-state index >= 15 is 0 Å². The van der Waals surface area contributed by atoms with Crippen molar-refractivity contribution in [2.24, 2.45) is 0 Å². The Labute approximate surface area is 149 Å². The molecule has 0 amide bonds. The molecule has 0 aliphatic rings. The van der Waals surface area contributed by atoms with E-state index in [1.807, 2.05) is 18.2 Å². The van der Waals surface area contributed by atoms with Crippen molar-refractivity contribution in [1.82, 2.24) is 5.32 Å². The summed E-state index contributed by atoms with van der Waals surface area (Å²) < 4.78 is 10.6. The van der Waals surface area contributed by atoms with Crippen LogP contribution in [0.5, 0.6) is 11.5 Å². The van der Waals surface area contributed by atoms with Gasteiger partial charge >= 0.3 is 0 Å². The minimum Gasteiger partial charge on any atom is -0.497 e. The summed E-state index contributed by atoms with van der Waals surface area (Å²) in [6.07, 6.45) is 0. The van der Waals surface area contributed by atoms with Gasteiger partial charge in [-0.2, -0.15) is 0 Å². The normalized spacial score (nSPS) is 11.5. The zero-order chi connectivity index (χ0) is 17.7. The summed E-state index contributed by atoms with van der Waals surface area (Å²) >= 11 is 5.45. The van der Waals surface area contributed by atoms with Crippen LogP contribution in [0.1, 0.15) is 29.7 Å². The molecule has 0 saturated carbocycles. The van der Waals surface area contributed by atoms with Crippen molar-refractivity contribution in [3.63, 3.8) is 0 Å². The number of ether oxygens (including phenoxy) is 2. The fourth-order valence-corrected chi connectivity index (χ4v) is 2.85. The van der Waals surface area contributed by atoms with Gasteiger partial charge in [-0.3, -0.25) is 0 Å². The third kappa shape index (κ3) is 4.38. The van der Waals surface area contributed by atoms with Crippen molar-refractivity contribution in [3.8, 4) is 11.5 Å². The van der Waals surface area contributed by atoms with Gasteiger partial charge in [0, 0.05) is 6.07 Å². The van der Waals surface area contributed by atoms with E-state index in [0.717, 1.165) is 11.4 Å². The molecular weight excluding hydrogens is 320 g/mol. The fourth-order valence-electron chi connectivity index (χ4n) is 2.56. The Hall–Kier alpha value is -2.27. The van der Waals surface area contributed by atoms with Crippen LogP contribution < -0.4 is 20.1 Å². The zero-order valence-corrected chi connectivity index (χ0v) is 15.6. The molecule has 0 radical (unpaired) electrons. The summed E-state index contributed by atoms with van der Waals surface area (Å²) in [5, 5.41) is 7.06. The molecule has 5 heteroatoms. The number of thiocarbonyl (C=S) groups is 1. The van der Waals surface area contributed by atoms with Crippen molar-refractivity contribution in [3.05, 3.63) is 53.1 Å². The predicted octanol–water partition coefficient (Wildman–Crippen LogP) is 4.37. The molecule has 0 aliphatic carbocycles. The van der Waals surface area contributed by atoms with E-state index in [1.165, 1.54) is 16.7 Å². The van der Waals surface area contributed by atoms with Crippen molar-refractivity contribution in [2.45, 2.75) is 26.8 Å². The van der Waals surface area contributed by atoms with Crippen molar-refractivity contribution in [1.29, 1.82) is 0 Å². The first-order valence-corrected chi connectivity index (χ1v) is 8.22. The summed E-state index contributed by atoms with van der Waals surface area (Å²) in [6, 6.07) is 12.1. The fraction of sp³-hybridized carbons (Fsp3) is 0.316. The van der Waals surface area contributed by atoms with Gasteiger partial charge in [0.1, 0.15) is 11.5 Å². The van der Waals surface area contributed by atoms with Crippen molar-refractivity contribution in [2.75, 3.05) is 19.5 Å². The van der Waals surface area contributed by atoms with Crippen molar-refractivity contribution < 1.29 is 9.47 Å². The molecule has 2 aromatic rings. The second-order valence-electron chi connectivity index (χ2n) is 5.75. The molecule has 0 aromatic heterocycles. The molecule has 2 rings (SSSR count). The summed E-state index contributed by atoms with van der Waals surface area (Å²) in [5.41, 5.74) is 4.51. The summed E-state index contributed by atoms with van der Waals surface area (Å²) in [4.78, 5) is 0. The largest absolute Gasteiger partial charge is 0.497 e. The van der Waals surface area contributed by atoms with Crippen LogP contribution in [0, 0.1) is 13.8 Å². The second-order valence-corrected chi connectivity index (χ2v) is 6.15. The quantitative estimate of drug-likeness (QED) is 0.789. The number of hydrogen-bond acceptors (Lipinski definition) is 3. The standard InChI is InChI=1S/C19H24N2O2S/c1-12-6-7-13(2)16(10-12)14(3)20-19(24)21-17-9-8-15(22-4)11-18(17)23-5/h6-11,14H,1-5H3,(H2,20,21,24)/t14-/m1/s1. The molecule has 4 nitrogen and oxygen atoms in total. The van der Waals surface area contributed by atoms with Gasteiger partial charge in [-0.05, 0) is 56.2 Å². The highest BCUT2D eigenvalue weighted by atomic mass is 32.1. The van der Waals surface area contributed by atoms with Crippen LogP contribution >= 0.6 is 12.2 Å². The predicted molar refractivity (Wildman–Crippen MR) is 103 cm³/mol. The van der Waals surface area contributed by atoms with Gasteiger partial charge in [-0.25, -0.2) is 0 Å². The Bertz CT molecular complexity index is 731. The lowest BCUT2D eigenvalue weighted by atomic mass is 10.0. The van der Waals surface area contributed by atoms with Gasteiger partial charge in [0.15, 0.2) is 5.11 Å². The van der Waals surface area contributed by atoms with Crippen molar-refractivity contribution >= 4 is 23.0 Å². The van der Waals surface area contributed by atoms with Crippen LogP contribution in [0.2, 0.25) is 0 Å². The maximum atomic E-state index is 5.45. The Kier molecular flexibility index (Phi) is 6.04. The van der Waals surface area contributed by atoms with Gasteiger partial charge in [-0.15, -0.1) is 0 Å². The number of nitrogens with one attached hydrogen (secondary N) is 2. The van der Waals surface area contributed by atoms with Crippen LogP contribution in [0.3, 0.4) is 0 Å². The second kappa shape index (κ2) is 8.02. The average Bonchev–Trinajstić information content (AvgIpc) is 2.57. The SMILES string of the molecule is COc1ccc(NC(=S)N[C@H](C)c2cc(C)ccc2C)c(OC)c1. The first kappa shape index (κ1) is 18.1. The lowest BCUT2D eigenvalue weighted by molar-refractivity contribution is 0.395. The molecule has 1 atom stereocenters. The van der Waals surface area contributed by atoms with E-state index in [1.54, 1.807) is 14.2 Å². The first-order valence-electron chi connectivity index (χ1n) is 7.81. The maximum absolute atomic E-state index is 5.45. The maximum Gasteiger partial charge on any atom is 0.171 e. The number of benzene rings is 2. The third-order valence-corrected chi connectivity index (χ3v) is 4.13. The molecular formula is C19H24N2O2S. The molecule has 2 N–H and O–H groups in total. The highest BCUT2D eigenvalue weighted by Gasteiger charge is 2.12. The van der Waals surface area contributed by atoms with E-state index in [0.29, 0.717) is 10.9 Å². The number of rotatable bonds is 5. The average molecular weight is 344 g/mol. The van der Waals surface area contributed by atoms with Gasteiger partial charge in [0.05, 0.1) is 25.9 Å². The molecule has 0 aliphatic heterocycles. The minimum absolute atomic E-state index is 0.106. The molecule has 0 spiro atoms. The third-order valence-electron chi connectivity index (χ3n) is 3.91. The molecule has 2 aromatic carbocycles. The number of anilines is 1. The molecule has 0 fully saturated rings. The lowest BCUT2D eigenvalue weighted by Gasteiger charge is -2.20. The van der Waals surface area contributed by atoms with Gasteiger partial charge < -0.3 is 20.1 Å². The zero-order valence-electron chi connectivity index (χ0n) is 14.8. The van der Waals surface area contributed by atoms with Gasteiger partial charge in [0.25, 0.3) is 0 Å². The van der Waals surface area contributed by atoms with E-state index in [9.17, 15) is 0 Å². The molecule has 0 bridgehead atoms. The van der Waals surface area contributed by atoms with E-state index in [-0.39, 0.29) is 6.04 Å². The van der Waals surface area contributed by atoms with E-state index < -0.39 is 0 Å². The number of methoxy groups -OCH3 is 2. The van der Waals surface area contributed by atoms with Gasteiger partial charge in [0.2, 0.25) is 0 Å². The van der Waals surface area contributed by atoms with Gasteiger partial charge in [-0.1, -0.05) is 23.8 Å². The van der Waals surface area contributed by atoms with Crippen LogP contribution in [-0.2, 0) is 0 Å². The highest BCUT2D eigenvalue weighted by molar-refractivity contribution is 7.80. The highest BCUT2D eigenvalue weighted by Crippen LogP contribution is 2.29. The van der Waals surface area contributed by atoms with Crippen LogP contribution in [-0.4, -0.2) is 19.3 Å². The Balaban J connectivity index is 2.09. The Morgan fingerprint density at radius 2 is 1.79 bits per heavy atom. The van der Waals surface area contributed by atoms with Crippen LogP contribution in [0.25, 0.3) is 0 Å². The molecule has 128 valence electrons. The summed E-state index contributed by atoms with van der Waals surface area (Å²) in [6.45, 7) is 6.30. The Morgan fingerprint density at radius 3 is 2.46 bits per heavy atom. The van der Waals surface area contributed by atoms with Crippen LogP contribution in [0.15, 0.2) is 36.4 Å². The van der Waals surface area contributed by atoms with Crippen LogP contribution in [0.4, 0.5) is 5.69 Å². The topological polar surface area (TPSA) is 42.5 Å². The molecule has 24 heavy (non-hydrogen) atoms. The Morgan fingerprint density at radius 1 is 1.04 bits per heavy atom. The molecule has 0 heterocycles. The molecule has 0 saturated heterocycles. The van der Waals surface area contributed by atoms with E-state index in [4.69, 9.17) is 21.7 Å². The number of hydrogen-bond donors (Lipinski definition) is 2. The lowest BCUT2D eigenvalue weighted by Crippen LogP contribution is -2.31. The first-order chi connectivity index (χ1) is 11.4.